The zero-order valence-corrected chi connectivity index (χ0v) is 9.10. The number of nitrogen functional groups attached to an aromatic ring is 2. The normalized spacial score (nSPS) is 10.1. The van der Waals surface area contributed by atoms with Gasteiger partial charge in [-0.05, 0) is 23.8 Å². The van der Waals surface area contributed by atoms with Crippen LogP contribution in [0.4, 0.5) is 11.4 Å². The number of para-hydroxylation sites is 1. The van der Waals surface area contributed by atoms with Gasteiger partial charge in [0.15, 0.2) is 0 Å². The third kappa shape index (κ3) is 1.80. The number of rotatable bonds is 2. The van der Waals surface area contributed by atoms with Crippen LogP contribution in [0.25, 0.3) is 11.1 Å². The Morgan fingerprint density at radius 1 is 0.938 bits per heavy atom. The minimum atomic E-state index is 0.626. The minimum absolute atomic E-state index is 0.626. The molecule has 16 heavy (non-hydrogen) atoms. The van der Waals surface area contributed by atoms with Gasteiger partial charge in [-0.25, -0.2) is 0 Å². The molecule has 2 rings (SSSR count). The highest BCUT2D eigenvalue weighted by Gasteiger charge is 2.05. The van der Waals surface area contributed by atoms with Crippen LogP contribution in [0, 0.1) is 0 Å². The number of benzene rings is 2. The molecule has 2 aromatic rings. The van der Waals surface area contributed by atoms with E-state index >= 15 is 0 Å². The van der Waals surface area contributed by atoms with Crippen LogP contribution < -0.4 is 16.2 Å². The summed E-state index contributed by atoms with van der Waals surface area (Å²) in [7, 11) is 1.60. The highest BCUT2D eigenvalue weighted by molar-refractivity contribution is 5.78. The van der Waals surface area contributed by atoms with Crippen molar-refractivity contribution >= 4 is 11.4 Å². The zero-order chi connectivity index (χ0) is 11.5. The van der Waals surface area contributed by atoms with Crippen molar-refractivity contribution in [1.82, 2.24) is 0 Å². The van der Waals surface area contributed by atoms with Gasteiger partial charge in [0.2, 0.25) is 0 Å². The summed E-state index contributed by atoms with van der Waals surface area (Å²) in [6, 6.07) is 13.4. The molecule has 0 saturated carbocycles. The molecule has 0 spiro atoms. The number of methoxy groups -OCH3 is 1. The fraction of sp³-hybridized carbons (Fsp3) is 0.0769. The predicted octanol–water partition coefficient (Wildman–Crippen LogP) is 2.53. The van der Waals surface area contributed by atoms with Gasteiger partial charge in [0.05, 0.1) is 12.8 Å². The summed E-state index contributed by atoms with van der Waals surface area (Å²) in [5.74, 6) is 0.667. The Bertz CT molecular complexity index is 509. The van der Waals surface area contributed by atoms with Crippen molar-refractivity contribution in [2.24, 2.45) is 0 Å². The molecule has 0 aliphatic rings. The highest BCUT2D eigenvalue weighted by Crippen LogP contribution is 2.31. The Kier molecular flexibility index (Phi) is 2.68. The van der Waals surface area contributed by atoms with Crippen molar-refractivity contribution in [1.29, 1.82) is 0 Å². The van der Waals surface area contributed by atoms with E-state index in [9.17, 15) is 0 Å². The third-order valence-electron chi connectivity index (χ3n) is 2.51. The maximum Gasteiger partial charge on any atom is 0.142 e. The molecule has 0 fully saturated rings. The summed E-state index contributed by atoms with van der Waals surface area (Å²) in [5.41, 5.74) is 15.0. The quantitative estimate of drug-likeness (QED) is 0.755. The van der Waals surface area contributed by atoms with Crippen molar-refractivity contribution in [3.05, 3.63) is 42.5 Å². The molecule has 0 atom stereocenters. The topological polar surface area (TPSA) is 61.3 Å². The van der Waals surface area contributed by atoms with Crippen molar-refractivity contribution in [3.8, 4) is 16.9 Å². The smallest absolute Gasteiger partial charge is 0.142 e. The Balaban J connectivity index is 2.53. The molecule has 0 aromatic heterocycles. The lowest BCUT2D eigenvalue weighted by atomic mass is 10.0. The minimum Gasteiger partial charge on any atom is -0.495 e. The monoisotopic (exact) mass is 214 g/mol. The molecule has 0 bridgehead atoms. The second kappa shape index (κ2) is 4.14. The Morgan fingerprint density at radius 2 is 1.69 bits per heavy atom. The van der Waals surface area contributed by atoms with Gasteiger partial charge < -0.3 is 16.2 Å². The first-order valence-electron chi connectivity index (χ1n) is 5.01. The van der Waals surface area contributed by atoms with Crippen molar-refractivity contribution in [3.63, 3.8) is 0 Å². The first-order valence-corrected chi connectivity index (χ1v) is 5.01. The summed E-state index contributed by atoms with van der Waals surface area (Å²) in [5, 5.41) is 0. The second-order valence-electron chi connectivity index (χ2n) is 3.54. The first kappa shape index (κ1) is 10.4. The van der Waals surface area contributed by atoms with Gasteiger partial charge in [-0.2, -0.15) is 0 Å². The lowest BCUT2D eigenvalue weighted by Crippen LogP contribution is -1.94. The van der Waals surface area contributed by atoms with Gasteiger partial charge in [-0.1, -0.05) is 24.3 Å². The van der Waals surface area contributed by atoms with Crippen LogP contribution in [0.2, 0.25) is 0 Å². The summed E-state index contributed by atoms with van der Waals surface area (Å²) >= 11 is 0. The van der Waals surface area contributed by atoms with E-state index in [-0.39, 0.29) is 0 Å². The van der Waals surface area contributed by atoms with E-state index in [1.807, 2.05) is 42.5 Å². The molecule has 4 N–H and O–H groups in total. The maximum atomic E-state index is 5.91. The molecule has 0 saturated heterocycles. The largest absolute Gasteiger partial charge is 0.495 e. The standard InChI is InChI=1S/C13H14N2O/c1-16-13-8-9(6-7-12(13)15)10-4-2-3-5-11(10)14/h2-8H,14-15H2,1H3. The van der Waals surface area contributed by atoms with Crippen molar-refractivity contribution < 1.29 is 4.74 Å². The van der Waals surface area contributed by atoms with Crippen LogP contribution in [0.5, 0.6) is 5.75 Å². The average Bonchev–Trinajstić information content (AvgIpc) is 2.31. The molecule has 0 aliphatic heterocycles. The SMILES string of the molecule is COc1cc(-c2ccccc2N)ccc1N. The van der Waals surface area contributed by atoms with Gasteiger partial charge in [-0.15, -0.1) is 0 Å². The number of anilines is 2. The molecular weight excluding hydrogens is 200 g/mol. The van der Waals surface area contributed by atoms with E-state index in [0.29, 0.717) is 11.4 Å². The molecule has 0 amide bonds. The third-order valence-corrected chi connectivity index (χ3v) is 2.51. The molecule has 0 heterocycles. The van der Waals surface area contributed by atoms with E-state index in [1.54, 1.807) is 7.11 Å². The number of hydrogen-bond donors (Lipinski definition) is 2. The van der Waals surface area contributed by atoms with Crippen LogP contribution in [-0.2, 0) is 0 Å². The van der Waals surface area contributed by atoms with Crippen LogP contribution in [-0.4, -0.2) is 7.11 Å². The number of nitrogens with two attached hydrogens (primary N) is 2. The van der Waals surface area contributed by atoms with Gasteiger partial charge in [0.1, 0.15) is 5.75 Å². The van der Waals surface area contributed by atoms with Crippen molar-refractivity contribution in [2.75, 3.05) is 18.6 Å². The number of ether oxygens (including phenoxy) is 1. The Hall–Kier alpha value is -2.16. The van der Waals surface area contributed by atoms with E-state index < -0.39 is 0 Å². The molecule has 3 heteroatoms. The number of hydrogen-bond acceptors (Lipinski definition) is 3. The zero-order valence-electron chi connectivity index (χ0n) is 9.10. The lowest BCUT2D eigenvalue weighted by molar-refractivity contribution is 0.417. The summed E-state index contributed by atoms with van der Waals surface area (Å²) in [6.45, 7) is 0. The molecule has 3 nitrogen and oxygen atoms in total. The van der Waals surface area contributed by atoms with Crippen LogP contribution in [0.15, 0.2) is 42.5 Å². The van der Waals surface area contributed by atoms with E-state index in [0.717, 1.165) is 16.8 Å². The van der Waals surface area contributed by atoms with Gasteiger partial charge in [-0.3, -0.25) is 0 Å². The molecular formula is C13H14N2O. The molecule has 0 unspecified atom stereocenters. The molecule has 82 valence electrons. The van der Waals surface area contributed by atoms with Crippen molar-refractivity contribution in [2.45, 2.75) is 0 Å². The van der Waals surface area contributed by atoms with E-state index in [1.165, 1.54) is 0 Å². The highest BCUT2D eigenvalue weighted by atomic mass is 16.5. The summed E-state index contributed by atoms with van der Waals surface area (Å²) in [6.07, 6.45) is 0. The average molecular weight is 214 g/mol. The fourth-order valence-electron chi connectivity index (χ4n) is 1.64. The van der Waals surface area contributed by atoms with Crippen LogP contribution >= 0.6 is 0 Å². The van der Waals surface area contributed by atoms with Crippen LogP contribution in [0.1, 0.15) is 0 Å². The second-order valence-corrected chi connectivity index (χ2v) is 3.54. The molecule has 0 radical (unpaired) electrons. The Morgan fingerprint density at radius 3 is 2.38 bits per heavy atom. The fourth-order valence-corrected chi connectivity index (χ4v) is 1.64. The van der Waals surface area contributed by atoms with Gasteiger partial charge in [0.25, 0.3) is 0 Å². The maximum absolute atomic E-state index is 5.91. The first-order chi connectivity index (χ1) is 7.72. The predicted molar refractivity (Wildman–Crippen MR) is 67.3 cm³/mol. The van der Waals surface area contributed by atoms with Gasteiger partial charge in [0, 0.05) is 11.3 Å². The van der Waals surface area contributed by atoms with Gasteiger partial charge >= 0.3 is 0 Å². The Labute approximate surface area is 94.6 Å². The lowest BCUT2D eigenvalue weighted by Gasteiger charge is -2.09. The summed E-state index contributed by atoms with van der Waals surface area (Å²) in [4.78, 5) is 0. The van der Waals surface area contributed by atoms with Crippen LogP contribution in [0.3, 0.4) is 0 Å². The van der Waals surface area contributed by atoms with E-state index in [2.05, 4.69) is 0 Å². The van der Waals surface area contributed by atoms with E-state index in [4.69, 9.17) is 16.2 Å². The molecule has 0 aliphatic carbocycles. The molecule has 2 aromatic carbocycles. The summed E-state index contributed by atoms with van der Waals surface area (Å²) < 4.78 is 5.18.